The second kappa shape index (κ2) is 6.32. The monoisotopic (exact) mass is 349 g/mol. The zero-order chi connectivity index (χ0) is 14.8. The molecule has 0 aliphatic carbocycles. The number of hydrogen-bond acceptors (Lipinski definition) is 3. The number of benzene rings is 1. The van der Waals surface area contributed by atoms with Crippen molar-refractivity contribution in [3.63, 3.8) is 0 Å². The second-order valence-electron chi connectivity index (χ2n) is 5.87. The summed E-state index contributed by atoms with van der Waals surface area (Å²) in [6, 6.07) is 7.93. The molecular weight excluding hydrogens is 330 g/mol. The minimum atomic E-state index is 0.0941. The molecule has 0 spiro atoms. The van der Waals surface area contributed by atoms with Crippen molar-refractivity contribution in [1.29, 1.82) is 0 Å². The van der Waals surface area contributed by atoms with E-state index >= 15 is 0 Å². The number of furan rings is 1. The van der Waals surface area contributed by atoms with Crippen LogP contribution >= 0.6 is 15.9 Å². The van der Waals surface area contributed by atoms with Crippen LogP contribution in [-0.2, 0) is 0 Å². The minimum Gasteiger partial charge on any atom is -0.453 e. The summed E-state index contributed by atoms with van der Waals surface area (Å²) in [4.78, 5) is 12.4. The molecule has 0 amide bonds. The summed E-state index contributed by atoms with van der Waals surface area (Å²) in [5.74, 6) is 1.32. The Morgan fingerprint density at radius 2 is 2.29 bits per heavy atom. The molecule has 1 aromatic carbocycles. The van der Waals surface area contributed by atoms with Crippen molar-refractivity contribution in [2.24, 2.45) is 5.92 Å². The zero-order valence-corrected chi connectivity index (χ0v) is 13.8. The highest BCUT2D eigenvalue weighted by Gasteiger charge is 2.24. The largest absolute Gasteiger partial charge is 0.453 e. The van der Waals surface area contributed by atoms with Gasteiger partial charge in [0.15, 0.2) is 11.5 Å². The summed E-state index contributed by atoms with van der Waals surface area (Å²) in [5.41, 5.74) is 0.768. The number of nitrogens with one attached hydrogen (secondary N) is 1. The molecule has 3 nitrogen and oxygen atoms in total. The van der Waals surface area contributed by atoms with E-state index in [0.717, 1.165) is 34.3 Å². The van der Waals surface area contributed by atoms with Crippen molar-refractivity contribution in [2.75, 3.05) is 6.54 Å². The molecule has 4 heteroatoms. The fourth-order valence-electron chi connectivity index (χ4n) is 3.10. The molecule has 3 rings (SSSR count). The first-order chi connectivity index (χ1) is 10.2. The van der Waals surface area contributed by atoms with Gasteiger partial charge >= 0.3 is 0 Å². The summed E-state index contributed by atoms with van der Waals surface area (Å²) in [6.45, 7) is 3.25. The Hall–Kier alpha value is -1.13. The van der Waals surface area contributed by atoms with Crippen LogP contribution in [0.5, 0.6) is 0 Å². The third-order valence-electron chi connectivity index (χ3n) is 4.37. The molecular formula is C17H20BrNO2. The molecule has 1 aliphatic rings. The van der Waals surface area contributed by atoms with Gasteiger partial charge in [-0.3, -0.25) is 4.79 Å². The van der Waals surface area contributed by atoms with E-state index in [2.05, 4.69) is 28.2 Å². The van der Waals surface area contributed by atoms with Gasteiger partial charge in [-0.15, -0.1) is 0 Å². The average Bonchev–Trinajstić information content (AvgIpc) is 2.90. The van der Waals surface area contributed by atoms with Crippen LogP contribution in [-0.4, -0.2) is 18.4 Å². The third-order valence-corrected chi connectivity index (χ3v) is 4.86. The summed E-state index contributed by atoms with van der Waals surface area (Å²) in [7, 11) is 0. The fourth-order valence-corrected chi connectivity index (χ4v) is 3.48. The van der Waals surface area contributed by atoms with Crippen LogP contribution in [0.25, 0.3) is 11.0 Å². The van der Waals surface area contributed by atoms with Gasteiger partial charge in [-0.05, 0) is 49.6 Å². The van der Waals surface area contributed by atoms with E-state index in [1.54, 1.807) is 0 Å². The van der Waals surface area contributed by atoms with E-state index < -0.39 is 0 Å². The lowest BCUT2D eigenvalue weighted by molar-refractivity contribution is 0.0932. The van der Waals surface area contributed by atoms with Crippen LogP contribution in [0, 0.1) is 5.92 Å². The summed E-state index contributed by atoms with van der Waals surface area (Å²) >= 11 is 3.44. The van der Waals surface area contributed by atoms with Crippen LogP contribution in [0.1, 0.15) is 43.2 Å². The molecule has 1 saturated heterocycles. The van der Waals surface area contributed by atoms with Crippen LogP contribution in [0.2, 0.25) is 0 Å². The smallest absolute Gasteiger partial charge is 0.199 e. The number of carbonyl (C=O) groups is 1. The maximum atomic E-state index is 12.4. The van der Waals surface area contributed by atoms with Gasteiger partial charge in [-0.2, -0.15) is 0 Å². The Bertz CT molecular complexity index is 649. The number of fused-ring (bicyclic) bond motifs is 1. The lowest BCUT2D eigenvalue weighted by Crippen LogP contribution is -2.39. The van der Waals surface area contributed by atoms with Crippen molar-refractivity contribution < 1.29 is 9.21 Å². The summed E-state index contributed by atoms with van der Waals surface area (Å²) in [5, 5.41) is 4.43. The van der Waals surface area contributed by atoms with E-state index in [1.165, 1.54) is 12.8 Å². The SMILES string of the molecule is CCC1CCNC(CC(=O)c2cc3cc(Br)ccc3o2)C1. The maximum Gasteiger partial charge on any atom is 0.199 e. The lowest BCUT2D eigenvalue weighted by Gasteiger charge is -2.29. The number of ketones is 1. The number of carbonyl (C=O) groups excluding carboxylic acids is 1. The minimum absolute atomic E-state index is 0.0941. The lowest BCUT2D eigenvalue weighted by atomic mass is 9.88. The number of rotatable bonds is 4. The maximum absolute atomic E-state index is 12.4. The van der Waals surface area contributed by atoms with Crippen molar-refractivity contribution in [3.8, 4) is 0 Å². The third kappa shape index (κ3) is 3.38. The Kier molecular flexibility index (Phi) is 4.45. The van der Waals surface area contributed by atoms with Crippen molar-refractivity contribution in [3.05, 3.63) is 34.5 Å². The predicted molar refractivity (Wildman–Crippen MR) is 87.7 cm³/mol. The number of hydrogen-bond donors (Lipinski definition) is 1. The number of halogens is 1. The Labute approximate surface area is 133 Å². The standard InChI is InChI=1S/C17H20BrNO2/c1-2-11-5-6-19-14(7-11)10-15(20)17-9-12-8-13(18)3-4-16(12)21-17/h3-4,8-9,11,14,19H,2,5-7,10H2,1H3. The number of piperidine rings is 1. The molecule has 0 bridgehead atoms. The Morgan fingerprint density at radius 1 is 1.43 bits per heavy atom. The zero-order valence-electron chi connectivity index (χ0n) is 12.2. The van der Waals surface area contributed by atoms with Gasteiger partial charge in [0.2, 0.25) is 0 Å². The topological polar surface area (TPSA) is 42.2 Å². The molecule has 0 radical (unpaired) electrons. The predicted octanol–water partition coefficient (Wildman–Crippen LogP) is 4.55. The van der Waals surface area contributed by atoms with Gasteiger partial charge in [-0.25, -0.2) is 0 Å². The van der Waals surface area contributed by atoms with Crippen molar-refractivity contribution in [1.82, 2.24) is 5.32 Å². The van der Waals surface area contributed by atoms with E-state index in [4.69, 9.17) is 4.42 Å². The first kappa shape index (κ1) is 14.8. The molecule has 1 N–H and O–H groups in total. The average molecular weight is 350 g/mol. The Balaban J connectivity index is 1.71. The quantitative estimate of drug-likeness (QED) is 0.823. The van der Waals surface area contributed by atoms with Crippen LogP contribution in [0.3, 0.4) is 0 Å². The number of Topliss-reactive ketones (excluding diaryl/α,β-unsaturated/α-hetero) is 1. The van der Waals surface area contributed by atoms with Crippen LogP contribution < -0.4 is 5.32 Å². The van der Waals surface area contributed by atoms with Gasteiger partial charge in [0.1, 0.15) is 5.58 Å². The molecule has 1 aromatic heterocycles. The molecule has 1 fully saturated rings. The van der Waals surface area contributed by atoms with Crippen molar-refractivity contribution in [2.45, 2.75) is 38.6 Å². The highest BCUT2D eigenvalue weighted by Crippen LogP contribution is 2.26. The molecule has 2 aromatic rings. The Morgan fingerprint density at radius 3 is 3.10 bits per heavy atom. The van der Waals surface area contributed by atoms with Gasteiger partial charge in [-0.1, -0.05) is 29.3 Å². The normalized spacial score (nSPS) is 22.6. The van der Waals surface area contributed by atoms with Gasteiger partial charge in [0, 0.05) is 22.3 Å². The highest BCUT2D eigenvalue weighted by atomic mass is 79.9. The van der Waals surface area contributed by atoms with E-state index in [-0.39, 0.29) is 11.8 Å². The van der Waals surface area contributed by atoms with E-state index in [9.17, 15) is 4.79 Å². The fraction of sp³-hybridized carbons (Fsp3) is 0.471. The van der Waals surface area contributed by atoms with Gasteiger partial charge < -0.3 is 9.73 Å². The van der Waals surface area contributed by atoms with Crippen LogP contribution in [0.4, 0.5) is 0 Å². The summed E-state index contributed by atoms with van der Waals surface area (Å²) in [6.07, 6.45) is 4.04. The van der Waals surface area contributed by atoms with Gasteiger partial charge in [0.05, 0.1) is 0 Å². The molecule has 0 saturated carbocycles. The molecule has 1 aliphatic heterocycles. The molecule has 2 heterocycles. The van der Waals surface area contributed by atoms with E-state index in [1.807, 2.05) is 24.3 Å². The first-order valence-corrected chi connectivity index (χ1v) is 8.40. The molecule has 2 atom stereocenters. The summed E-state index contributed by atoms with van der Waals surface area (Å²) < 4.78 is 6.68. The van der Waals surface area contributed by atoms with Gasteiger partial charge in [0.25, 0.3) is 0 Å². The van der Waals surface area contributed by atoms with E-state index in [0.29, 0.717) is 12.2 Å². The second-order valence-corrected chi connectivity index (χ2v) is 6.79. The van der Waals surface area contributed by atoms with Crippen LogP contribution in [0.15, 0.2) is 33.2 Å². The molecule has 21 heavy (non-hydrogen) atoms. The molecule has 2 unspecified atom stereocenters. The van der Waals surface area contributed by atoms with Crippen molar-refractivity contribution >= 4 is 32.7 Å². The molecule has 112 valence electrons. The first-order valence-electron chi connectivity index (χ1n) is 7.61. The highest BCUT2D eigenvalue weighted by molar-refractivity contribution is 9.10.